The zero-order chi connectivity index (χ0) is 31.4. The van der Waals surface area contributed by atoms with Crippen molar-refractivity contribution in [1.82, 2.24) is 0 Å². The number of para-hydroxylation sites is 2. The van der Waals surface area contributed by atoms with Gasteiger partial charge in [0.15, 0.2) is 0 Å². The van der Waals surface area contributed by atoms with E-state index in [2.05, 4.69) is 132 Å². The zero-order valence-corrected chi connectivity index (χ0v) is 27.0. The summed E-state index contributed by atoms with van der Waals surface area (Å²) in [6.07, 6.45) is 7.06. The summed E-state index contributed by atoms with van der Waals surface area (Å²) in [7, 11) is 0. The summed E-state index contributed by atoms with van der Waals surface area (Å²) >= 11 is 0. The molecule has 2 nitrogen and oxygen atoms in total. The van der Waals surface area contributed by atoms with Gasteiger partial charge in [0.05, 0.1) is 0 Å². The summed E-state index contributed by atoms with van der Waals surface area (Å²) in [6.45, 7) is 0. The van der Waals surface area contributed by atoms with E-state index < -0.39 is 0 Å². The third-order valence-corrected chi connectivity index (χ3v) is 12.8. The normalized spacial score (nSPS) is 24.8. The van der Waals surface area contributed by atoms with Crippen molar-refractivity contribution in [2.75, 3.05) is 4.90 Å². The van der Waals surface area contributed by atoms with Crippen molar-refractivity contribution in [2.45, 2.75) is 37.5 Å². The van der Waals surface area contributed by atoms with Crippen LogP contribution in [-0.2, 0) is 5.41 Å². The van der Waals surface area contributed by atoms with Gasteiger partial charge in [0.25, 0.3) is 0 Å². The molecule has 0 N–H and O–H groups in total. The standard InChI is InChI=1S/C46H37NO/c1-2-8-33(9-3-1)47(34-17-14-30(15-18-34)31-16-21-45-40(26-31)37-11-5-7-13-44(37)48-45)35-19-20-42-39(28-35)36-10-4-6-12-41(36)46(42)23-22-29-24-32-27-43(46)38(32)25-29/h1-21,26,28-29,32,38,43H,22-25,27H2. The lowest BCUT2D eigenvalue weighted by molar-refractivity contribution is 0.0400. The Morgan fingerprint density at radius 3 is 2.19 bits per heavy atom. The summed E-state index contributed by atoms with van der Waals surface area (Å²) in [5.74, 6) is 3.63. The maximum Gasteiger partial charge on any atom is 0.135 e. The topological polar surface area (TPSA) is 16.4 Å². The maximum absolute atomic E-state index is 6.10. The van der Waals surface area contributed by atoms with Crippen LogP contribution in [0.5, 0.6) is 0 Å². The highest BCUT2D eigenvalue weighted by Gasteiger charge is 2.61. The van der Waals surface area contributed by atoms with Crippen LogP contribution in [0.25, 0.3) is 44.2 Å². The highest BCUT2D eigenvalue weighted by molar-refractivity contribution is 6.06. The number of fused-ring (bicyclic) bond motifs is 10. The van der Waals surface area contributed by atoms with E-state index in [1.54, 1.807) is 11.1 Å². The highest BCUT2D eigenvalue weighted by atomic mass is 16.3. The molecule has 4 aliphatic carbocycles. The second kappa shape index (κ2) is 9.97. The average molecular weight is 620 g/mol. The molecule has 0 saturated heterocycles. The number of nitrogens with zero attached hydrogens (tertiary/aromatic N) is 1. The molecule has 232 valence electrons. The SMILES string of the molecule is c1ccc(N(c2ccc(-c3ccc4oc5ccccc5c4c3)cc2)c2ccc3c(c2)-c2ccccc2C32CCC3CC4CC2C4C3)cc1. The number of rotatable bonds is 4. The molecular formula is C46H37NO. The second-order valence-electron chi connectivity index (χ2n) is 14.9. The largest absolute Gasteiger partial charge is 0.456 e. The minimum atomic E-state index is 0.182. The van der Waals surface area contributed by atoms with Gasteiger partial charge in [-0.1, -0.05) is 84.9 Å². The molecule has 1 heterocycles. The van der Waals surface area contributed by atoms with Crippen LogP contribution >= 0.6 is 0 Å². The van der Waals surface area contributed by atoms with Gasteiger partial charge in [-0.2, -0.15) is 0 Å². The number of hydrogen-bond donors (Lipinski definition) is 0. The molecule has 6 aromatic carbocycles. The summed E-state index contributed by atoms with van der Waals surface area (Å²) < 4.78 is 6.10. The van der Waals surface area contributed by atoms with Crippen LogP contribution in [0.1, 0.15) is 43.2 Å². The number of hydrogen-bond acceptors (Lipinski definition) is 2. The first-order valence-corrected chi connectivity index (χ1v) is 17.9. The molecule has 11 rings (SSSR count). The lowest BCUT2D eigenvalue weighted by atomic mass is 9.51. The van der Waals surface area contributed by atoms with Crippen LogP contribution in [-0.4, -0.2) is 0 Å². The van der Waals surface area contributed by atoms with E-state index in [1.165, 1.54) is 65.7 Å². The van der Waals surface area contributed by atoms with Gasteiger partial charge in [0, 0.05) is 33.2 Å². The lowest BCUT2D eigenvalue weighted by Crippen LogP contribution is -2.47. The van der Waals surface area contributed by atoms with Gasteiger partial charge in [-0.25, -0.2) is 0 Å². The molecule has 3 saturated carbocycles. The Balaban J connectivity index is 1.02. The molecule has 1 spiro atoms. The summed E-state index contributed by atoms with van der Waals surface area (Å²) in [6, 6.07) is 51.6. The molecule has 1 aromatic heterocycles. The van der Waals surface area contributed by atoms with Gasteiger partial charge >= 0.3 is 0 Å². The molecule has 7 aromatic rings. The van der Waals surface area contributed by atoms with Crippen LogP contribution in [0.4, 0.5) is 17.1 Å². The Hall–Kier alpha value is -5.08. The van der Waals surface area contributed by atoms with Crippen molar-refractivity contribution >= 4 is 39.0 Å². The van der Waals surface area contributed by atoms with Crippen molar-refractivity contribution in [1.29, 1.82) is 0 Å². The molecule has 5 atom stereocenters. The predicted molar refractivity (Wildman–Crippen MR) is 197 cm³/mol. The van der Waals surface area contributed by atoms with Gasteiger partial charge in [-0.3, -0.25) is 0 Å². The van der Waals surface area contributed by atoms with E-state index in [0.29, 0.717) is 0 Å². The molecule has 0 radical (unpaired) electrons. The monoisotopic (exact) mass is 619 g/mol. The molecule has 5 unspecified atom stereocenters. The summed E-state index contributed by atoms with van der Waals surface area (Å²) in [5, 5.41) is 2.32. The van der Waals surface area contributed by atoms with Crippen LogP contribution < -0.4 is 4.90 Å². The van der Waals surface area contributed by atoms with E-state index in [0.717, 1.165) is 51.3 Å². The van der Waals surface area contributed by atoms with Crippen LogP contribution in [0.15, 0.2) is 144 Å². The van der Waals surface area contributed by atoms with Crippen LogP contribution in [0, 0.1) is 23.7 Å². The fourth-order valence-electron chi connectivity index (χ4n) is 10.7. The van der Waals surface area contributed by atoms with Crippen molar-refractivity contribution < 1.29 is 4.42 Å². The molecule has 48 heavy (non-hydrogen) atoms. The Kier molecular flexibility index (Phi) is 5.59. The smallest absolute Gasteiger partial charge is 0.135 e. The van der Waals surface area contributed by atoms with E-state index in [-0.39, 0.29) is 5.41 Å². The first-order chi connectivity index (χ1) is 23.7. The van der Waals surface area contributed by atoms with Crippen molar-refractivity contribution in [3.8, 4) is 22.3 Å². The Morgan fingerprint density at radius 1 is 0.542 bits per heavy atom. The molecule has 0 aliphatic heterocycles. The van der Waals surface area contributed by atoms with Gasteiger partial charge in [0.2, 0.25) is 0 Å². The number of furan rings is 1. The van der Waals surface area contributed by atoms with Gasteiger partial charge in [0.1, 0.15) is 11.2 Å². The lowest BCUT2D eigenvalue weighted by Gasteiger charge is -2.52. The van der Waals surface area contributed by atoms with E-state index in [9.17, 15) is 0 Å². The number of anilines is 3. The molecule has 4 aliphatic rings. The van der Waals surface area contributed by atoms with E-state index in [4.69, 9.17) is 4.42 Å². The minimum absolute atomic E-state index is 0.182. The highest BCUT2D eigenvalue weighted by Crippen LogP contribution is 2.69. The summed E-state index contributed by atoms with van der Waals surface area (Å²) in [4.78, 5) is 2.43. The van der Waals surface area contributed by atoms with Crippen molar-refractivity contribution in [2.24, 2.45) is 23.7 Å². The number of benzene rings is 6. The average Bonchev–Trinajstić information content (AvgIpc) is 3.72. The Bertz CT molecular complexity index is 2370. The van der Waals surface area contributed by atoms with Gasteiger partial charge < -0.3 is 9.32 Å². The fourth-order valence-corrected chi connectivity index (χ4v) is 10.7. The molecule has 3 fully saturated rings. The van der Waals surface area contributed by atoms with Crippen molar-refractivity contribution in [3.05, 3.63) is 151 Å². The van der Waals surface area contributed by atoms with E-state index >= 15 is 0 Å². The fraction of sp³-hybridized carbons (Fsp3) is 0.217. The van der Waals surface area contributed by atoms with E-state index in [1.807, 2.05) is 12.1 Å². The third-order valence-electron chi connectivity index (χ3n) is 12.8. The predicted octanol–water partition coefficient (Wildman–Crippen LogP) is 12.4. The molecule has 2 heteroatoms. The first kappa shape index (κ1) is 26.9. The Morgan fingerprint density at radius 2 is 1.27 bits per heavy atom. The minimum Gasteiger partial charge on any atom is -0.456 e. The molecular weight excluding hydrogens is 583 g/mol. The second-order valence-corrected chi connectivity index (χ2v) is 14.9. The molecule has 0 amide bonds. The zero-order valence-electron chi connectivity index (χ0n) is 27.0. The Labute approximate surface area is 281 Å². The van der Waals surface area contributed by atoms with Gasteiger partial charge in [-0.15, -0.1) is 0 Å². The maximum atomic E-state index is 6.10. The third kappa shape index (κ3) is 3.69. The van der Waals surface area contributed by atoms with Crippen molar-refractivity contribution in [3.63, 3.8) is 0 Å². The van der Waals surface area contributed by atoms with Gasteiger partial charge in [-0.05, 0) is 144 Å². The quantitative estimate of drug-likeness (QED) is 0.195. The molecule has 2 bridgehead atoms. The van der Waals surface area contributed by atoms with Crippen LogP contribution in [0.3, 0.4) is 0 Å². The van der Waals surface area contributed by atoms with Crippen LogP contribution in [0.2, 0.25) is 0 Å². The summed E-state index contributed by atoms with van der Waals surface area (Å²) in [5.41, 5.74) is 14.1. The first-order valence-electron chi connectivity index (χ1n) is 17.9.